The second-order valence-electron chi connectivity index (χ2n) is 7.89. The number of methoxy groups -OCH3 is 1. The van der Waals surface area contributed by atoms with E-state index < -0.39 is 0 Å². The van der Waals surface area contributed by atoms with Crippen molar-refractivity contribution in [2.45, 2.75) is 38.1 Å². The molecule has 1 aromatic carbocycles. The van der Waals surface area contributed by atoms with Crippen molar-refractivity contribution in [1.82, 2.24) is 9.80 Å². The first-order valence-electron chi connectivity index (χ1n) is 10.1. The zero-order valence-corrected chi connectivity index (χ0v) is 16.3. The lowest BCUT2D eigenvalue weighted by atomic mass is 10.1. The molecular weight excluding hydrogens is 358 g/mol. The molecule has 3 amide bonds. The number of carbonyl (C=O) groups is 3. The topological polar surface area (TPSA) is 70.2 Å². The number of piperazine rings is 1. The third-order valence-corrected chi connectivity index (χ3v) is 6.17. The maximum Gasteiger partial charge on any atom is 0.246 e. The van der Waals surface area contributed by atoms with Gasteiger partial charge in [-0.25, -0.2) is 0 Å². The molecule has 1 aromatic rings. The summed E-state index contributed by atoms with van der Waals surface area (Å²) < 4.78 is 5.23. The van der Waals surface area contributed by atoms with Crippen LogP contribution < -0.4 is 9.64 Å². The van der Waals surface area contributed by atoms with E-state index in [1.54, 1.807) is 16.9 Å². The molecule has 0 bridgehead atoms. The van der Waals surface area contributed by atoms with Crippen LogP contribution >= 0.6 is 0 Å². The summed E-state index contributed by atoms with van der Waals surface area (Å²) in [7, 11) is 1.59. The van der Waals surface area contributed by atoms with E-state index in [1.807, 2.05) is 29.2 Å². The molecule has 2 saturated heterocycles. The van der Waals surface area contributed by atoms with Crippen LogP contribution in [-0.2, 0) is 14.4 Å². The van der Waals surface area contributed by atoms with E-state index in [2.05, 4.69) is 0 Å². The number of carbonyl (C=O) groups excluding carboxylic acids is 3. The molecule has 0 aromatic heterocycles. The lowest BCUT2D eigenvalue weighted by Crippen LogP contribution is -2.54. The van der Waals surface area contributed by atoms with Crippen molar-refractivity contribution in [3.63, 3.8) is 0 Å². The molecule has 7 nitrogen and oxygen atoms in total. The molecular formula is C21H27N3O4. The molecule has 28 heavy (non-hydrogen) atoms. The first-order valence-corrected chi connectivity index (χ1v) is 10.1. The molecule has 150 valence electrons. The van der Waals surface area contributed by atoms with Gasteiger partial charge < -0.3 is 19.4 Å². The predicted molar refractivity (Wildman–Crippen MR) is 104 cm³/mol. The van der Waals surface area contributed by atoms with Gasteiger partial charge in [-0.15, -0.1) is 0 Å². The highest BCUT2D eigenvalue weighted by Crippen LogP contribution is 2.30. The summed E-state index contributed by atoms with van der Waals surface area (Å²) in [4.78, 5) is 43.2. The second kappa shape index (κ2) is 7.81. The largest absolute Gasteiger partial charge is 0.497 e. The monoisotopic (exact) mass is 385 g/mol. The zero-order chi connectivity index (χ0) is 19.7. The average molecular weight is 385 g/mol. The summed E-state index contributed by atoms with van der Waals surface area (Å²) in [6.45, 7) is 1.50. The van der Waals surface area contributed by atoms with Crippen LogP contribution in [0, 0.1) is 5.92 Å². The number of ether oxygens (including phenoxy) is 1. The maximum absolute atomic E-state index is 13.0. The van der Waals surface area contributed by atoms with E-state index in [0.717, 1.165) is 31.4 Å². The Labute approximate surface area is 165 Å². The van der Waals surface area contributed by atoms with E-state index in [1.165, 1.54) is 0 Å². The van der Waals surface area contributed by atoms with Gasteiger partial charge in [0, 0.05) is 43.9 Å². The van der Waals surface area contributed by atoms with Crippen LogP contribution in [-0.4, -0.2) is 66.9 Å². The van der Waals surface area contributed by atoms with E-state index in [0.29, 0.717) is 31.4 Å². The lowest BCUT2D eigenvalue weighted by molar-refractivity contribution is -0.140. The van der Waals surface area contributed by atoms with Gasteiger partial charge in [0.05, 0.1) is 13.0 Å². The van der Waals surface area contributed by atoms with E-state index in [9.17, 15) is 14.4 Å². The number of hydrogen-bond acceptors (Lipinski definition) is 4. The molecule has 2 aliphatic heterocycles. The Hall–Kier alpha value is -2.57. The standard InChI is InChI=1S/C21H27N3O4/c1-28-18-8-4-7-17(12-18)23-10-9-22(14-20(23)26)21(27)15-11-19(25)24(13-15)16-5-2-3-6-16/h4,7-8,12,15-16H,2-3,5-6,9-11,13-14H2,1H3. The highest BCUT2D eigenvalue weighted by atomic mass is 16.5. The van der Waals surface area contributed by atoms with Crippen molar-refractivity contribution < 1.29 is 19.1 Å². The molecule has 3 aliphatic rings. The molecule has 1 saturated carbocycles. The Morgan fingerprint density at radius 2 is 1.89 bits per heavy atom. The molecule has 7 heteroatoms. The number of hydrogen-bond donors (Lipinski definition) is 0. The SMILES string of the molecule is COc1cccc(N2CCN(C(=O)C3CC(=O)N(C4CCCC4)C3)CC2=O)c1. The first kappa shape index (κ1) is 18.8. The molecule has 4 rings (SSSR count). The van der Waals surface area contributed by atoms with Gasteiger partial charge in [-0.2, -0.15) is 0 Å². The minimum atomic E-state index is -0.315. The summed E-state index contributed by atoms with van der Waals surface area (Å²) in [6, 6.07) is 7.68. The number of likely N-dealkylation sites (tertiary alicyclic amines) is 1. The molecule has 3 fully saturated rings. The highest BCUT2D eigenvalue weighted by Gasteiger charge is 2.41. The van der Waals surface area contributed by atoms with Gasteiger partial charge in [0.2, 0.25) is 17.7 Å². The fraction of sp³-hybridized carbons (Fsp3) is 0.571. The van der Waals surface area contributed by atoms with Crippen LogP contribution in [0.2, 0.25) is 0 Å². The van der Waals surface area contributed by atoms with Gasteiger partial charge in [-0.05, 0) is 25.0 Å². The van der Waals surface area contributed by atoms with E-state index in [-0.39, 0.29) is 36.6 Å². The maximum atomic E-state index is 13.0. The van der Waals surface area contributed by atoms with Crippen LogP contribution in [0.25, 0.3) is 0 Å². The summed E-state index contributed by atoms with van der Waals surface area (Å²) in [5.41, 5.74) is 0.778. The Kier molecular flexibility index (Phi) is 5.24. The Morgan fingerprint density at radius 3 is 2.61 bits per heavy atom. The van der Waals surface area contributed by atoms with Crippen molar-refractivity contribution in [2.75, 3.05) is 38.2 Å². The zero-order valence-electron chi connectivity index (χ0n) is 16.3. The fourth-order valence-corrected chi connectivity index (χ4v) is 4.64. The number of benzene rings is 1. The van der Waals surface area contributed by atoms with Crippen molar-refractivity contribution in [3.05, 3.63) is 24.3 Å². The molecule has 1 atom stereocenters. The average Bonchev–Trinajstić information content (AvgIpc) is 3.37. The van der Waals surface area contributed by atoms with Gasteiger partial charge in [0.15, 0.2) is 0 Å². The van der Waals surface area contributed by atoms with Gasteiger partial charge >= 0.3 is 0 Å². The van der Waals surface area contributed by atoms with Gasteiger partial charge in [0.25, 0.3) is 0 Å². The first-order chi connectivity index (χ1) is 13.6. The second-order valence-corrected chi connectivity index (χ2v) is 7.89. The van der Waals surface area contributed by atoms with Crippen LogP contribution in [0.3, 0.4) is 0 Å². The van der Waals surface area contributed by atoms with Crippen molar-refractivity contribution in [1.29, 1.82) is 0 Å². The third kappa shape index (κ3) is 3.57. The van der Waals surface area contributed by atoms with E-state index >= 15 is 0 Å². The Balaban J connectivity index is 1.38. The predicted octanol–water partition coefficient (Wildman–Crippen LogP) is 1.66. The number of rotatable bonds is 4. The smallest absolute Gasteiger partial charge is 0.246 e. The minimum Gasteiger partial charge on any atom is -0.497 e. The quantitative estimate of drug-likeness (QED) is 0.790. The Bertz CT molecular complexity index is 775. The van der Waals surface area contributed by atoms with Crippen LogP contribution in [0.1, 0.15) is 32.1 Å². The molecule has 0 spiro atoms. The normalized spacial score (nSPS) is 23.6. The van der Waals surface area contributed by atoms with Crippen LogP contribution in [0.4, 0.5) is 5.69 Å². The van der Waals surface area contributed by atoms with Gasteiger partial charge in [0.1, 0.15) is 12.3 Å². The summed E-state index contributed by atoms with van der Waals surface area (Å²) in [5, 5.41) is 0. The van der Waals surface area contributed by atoms with Gasteiger partial charge in [-0.1, -0.05) is 18.9 Å². The van der Waals surface area contributed by atoms with Crippen molar-refractivity contribution in [2.24, 2.45) is 5.92 Å². The van der Waals surface area contributed by atoms with E-state index in [4.69, 9.17) is 4.74 Å². The van der Waals surface area contributed by atoms with Gasteiger partial charge in [-0.3, -0.25) is 14.4 Å². The molecule has 1 unspecified atom stereocenters. The van der Waals surface area contributed by atoms with Crippen molar-refractivity contribution >= 4 is 23.4 Å². The minimum absolute atomic E-state index is 0.0597. The number of amides is 3. The van der Waals surface area contributed by atoms with Crippen molar-refractivity contribution in [3.8, 4) is 5.75 Å². The summed E-state index contributed by atoms with van der Waals surface area (Å²) >= 11 is 0. The highest BCUT2D eigenvalue weighted by molar-refractivity contribution is 5.99. The molecule has 1 aliphatic carbocycles. The number of nitrogens with zero attached hydrogens (tertiary/aromatic N) is 3. The lowest BCUT2D eigenvalue weighted by Gasteiger charge is -2.35. The molecule has 0 N–H and O–H groups in total. The van der Waals surface area contributed by atoms with Crippen LogP contribution in [0.5, 0.6) is 5.75 Å². The fourth-order valence-electron chi connectivity index (χ4n) is 4.64. The molecule has 0 radical (unpaired) electrons. The Morgan fingerprint density at radius 1 is 1.11 bits per heavy atom. The van der Waals surface area contributed by atoms with Crippen LogP contribution in [0.15, 0.2) is 24.3 Å². The summed E-state index contributed by atoms with van der Waals surface area (Å²) in [5.74, 6) is 0.299. The number of anilines is 1. The molecule has 2 heterocycles. The third-order valence-electron chi connectivity index (χ3n) is 6.17. The summed E-state index contributed by atoms with van der Waals surface area (Å²) in [6.07, 6.45) is 4.69.